The Morgan fingerprint density at radius 2 is 1.68 bits per heavy atom. The maximum absolute atomic E-state index is 9.47. The quantitative estimate of drug-likeness (QED) is 0.704. The van der Waals surface area contributed by atoms with Crippen LogP contribution in [0.1, 0.15) is 0 Å². The highest BCUT2D eigenvalue weighted by Gasteiger charge is 2.15. The Labute approximate surface area is 114 Å². The Balaban J connectivity index is 2.00. The molecule has 0 amide bonds. The van der Waals surface area contributed by atoms with Crippen LogP contribution in [0.25, 0.3) is 16.3 Å². The molecule has 3 aromatic rings. The highest BCUT2D eigenvalue weighted by Crippen LogP contribution is 2.23. The number of nitrogens with zero attached hydrogens (tertiary/aromatic N) is 2. The van der Waals surface area contributed by atoms with Gasteiger partial charge >= 0.3 is 6.33 Å². The summed E-state index contributed by atoms with van der Waals surface area (Å²) >= 11 is 1.44. The number of hydrogen-bond donors (Lipinski definition) is 2. The van der Waals surface area contributed by atoms with Gasteiger partial charge in [0.2, 0.25) is 0 Å². The first-order valence-electron chi connectivity index (χ1n) is 5.69. The summed E-state index contributed by atoms with van der Waals surface area (Å²) in [6, 6.07) is 13.9. The molecule has 0 aliphatic rings. The fourth-order valence-electron chi connectivity index (χ4n) is 1.76. The summed E-state index contributed by atoms with van der Waals surface area (Å²) in [4.78, 5) is 4.32. The lowest BCUT2D eigenvalue weighted by atomic mass is 10.2. The van der Waals surface area contributed by atoms with Gasteiger partial charge < -0.3 is 10.2 Å². The Kier molecular flexibility index (Phi) is 2.89. The van der Waals surface area contributed by atoms with Crippen molar-refractivity contribution in [3.63, 3.8) is 0 Å². The van der Waals surface area contributed by atoms with Gasteiger partial charge in [0.15, 0.2) is 0 Å². The molecule has 0 spiro atoms. The van der Waals surface area contributed by atoms with Crippen LogP contribution >= 0.6 is 11.5 Å². The van der Waals surface area contributed by atoms with Gasteiger partial charge in [-0.05, 0) is 35.3 Å². The zero-order valence-corrected chi connectivity index (χ0v) is 10.7. The van der Waals surface area contributed by atoms with E-state index in [1.165, 1.54) is 11.5 Å². The highest BCUT2D eigenvalue weighted by atomic mass is 32.1. The average molecular weight is 271 g/mol. The van der Waals surface area contributed by atoms with Gasteiger partial charge in [0, 0.05) is 11.6 Å². The fourth-order valence-corrected chi connectivity index (χ4v) is 2.59. The molecule has 2 aromatic carbocycles. The van der Waals surface area contributed by atoms with E-state index in [-0.39, 0.29) is 11.5 Å². The second kappa shape index (κ2) is 4.70. The first-order chi connectivity index (χ1) is 9.22. The lowest BCUT2D eigenvalue weighted by molar-refractivity contribution is -0.522. The van der Waals surface area contributed by atoms with Gasteiger partial charge in [-0.2, -0.15) is 0 Å². The van der Waals surface area contributed by atoms with Crippen molar-refractivity contribution in [3.05, 3.63) is 54.9 Å². The molecular weight excluding hydrogens is 260 g/mol. The summed E-state index contributed by atoms with van der Waals surface area (Å²) in [6.45, 7) is 0. The third-order valence-electron chi connectivity index (χ3n) is 2.64. The topological polar surface area (TPSA) is 57.2 Å². The molecule has 0 atom stereocenters. The molecule has 94 valence electrons. The van der Waals surface area contributed by atoms with Crippen molar-refractivity contribution < 1.29 is 14.2 Å². The van der Waals surface area contributed by atoms with Crippen LogP contribution in [0.3, 0.4) is 0 Å². The molecule has 5 heteroatoms. The predicted molar refractivity (Wildman–Crippen MR) is 72.4 cm³/mol. The van der Waals surface area contributed by atoms with Gasteiger partial charge in [0.05, 0.1) is 11.5 Å². The zero-order chi connectivity index (χ0) is 13.2. The molecule has 0 aliphatic heterocycles. The second-order valence-corrected chi connectivity index (χ2v) is 5.00. The van der Waals surface area contributed by atoms with Gasteiger partial charge in [-0.3, -0.25) is 0 Å². The number of phenolic OH excluding ortho intramolecular Hbond substituents is 2. The number of phenols is 2. The molecule has 0 bridgehead atoms. The largest absolute Gasteiger partial charge is 0.508 e. The van der Waals surface area contributed by atoms with Crippen molar-refractivity contribution in [2.45, 2.75) is 0 Å². The molecule has 3 rings (SSSR count). The normalized spacial score (nSPS) is 10.5. The van der Waals surface area contributed by atoms with Crippen LogP contribution in [0.2, 0.25) is 0 Å². The van der Waals surface area contributed by atoms with Crippen molar-refractivity contribution >= 4 is 11.5 Å². The Bertz CT molecular complexity index is 665. The molecule has 2 N–H and O–H groups in total. The van der Waals surface area contributed by atoms with E-state index >= 15 is 0 Å². The van der Waals surface area contributed by atoms with Crippen LogP contribution in [0.5, 0.6) is 11.5 Å². The molecule has 1 aromatic heterocycles. The van der Waals surface area contributed by atoms with Crippen LogP contribution in [0, 0.1) is 0 Å². The van der Waals surface area contributed by atoms with Crippen LogP contribution < -0.4 is 3.96 Å². The molecule has 1 heterocycles. The second-order valence-electron chi connectivity index (χ2n) is 4.04. The van der Waals surface area contributed by atoms with Crippen LogP contribution in [0.15, 0.2) is 54.9 Å². The number of aromatic hydroxyl groups is 2. The highest BCUT2D eigenvalue weighted by molar-refractivity contribution is 7.05. The SMILES string of the molecule is Oc1cccc(-c2nc[n+](-c3cccc(O)c3)s2)c1. The molecule has 0 radical (unpaired) electrons. The maximum Gasteiger partial charge on any atom is 0.304 e. The summed E-state index contributed by atoms with van der Waals surface area (Å²) in [5, 5.41) is 19.7. The summed E-state index contributed by atoms with van der Waals surface area (Å²) in [6.07, 6.45) is 1.69. The average Bonchev–Trinajstić information content (AvgIpc) is 2.88. The molecule has 4 nitrogen and oxygen atoms in total. The first-order valence-corrected chi connectivity index (χ1v) is 6.46. The molecule has 0 saturated carbocycles. The minimum absolute atomic E-state index is 0.219. The van der Waals surface area contributed by atoms with Crippen molar-refractivity contribution in [1.29, 1.82) is 0 Å². The van der Waals surface area contributed by atoms with E-state index in [1.54, 1.807) is 42.7 Å². The number of benzene rings is 2. The van der Waals surface area contributed by atoms with Crippen LogP contribution in [0.4, 0.5) is 0 Å². The number of rotatable bonds is 2. The van der Waals surface area contributed by atoms with Crippen LogP contribution in [-0.4, -0.2) is 15.2 Å². The molecular formula is C14H11N2O2S+. The van der Waals surface area contributed by atoms with E-state index in [0.717, 1.165) is 16.3 Å². The lowest BCUT2D eigenvalue weighted by Crippen LogP contribution is -2.23. The van der Waals surface area contributed by atoms with E-state index < -0.39 is 0 Å². The monoisotopic (exact) mass is 271 g/mol. The minimum Gasteiger partial charge on any atom is -0.508 e. The van der Waals surface area contributed by atoms with E-state index in [1.807, 2.05) is 16.1 Å². The van der Waals surface area contributed by atoms with Gasteiger partial charge in [-0.15, -0.1) is 3.96 Å². The van der Waals surface area contributed by atoms with Gasteiger partial charge in [0.1, 0.15) is 17.2 Å². The Morgan fingerprint density at radius 1 is 0.947 bits per heavy atom. The third-order valence-corrected chi connectivity index (χ3v) is 3.66. The maximum atomic E-state index is 9.47. The summed E-state index contributed by atoms with van der Waals surface area (Å²) in [5.74, 6) is 0.439. The van der Waals surface area contributed by atoms with Gasteiger partial charge in [-0.1, -0.05) is 12.1 Å². The van der Waals surface area contributed by atoms with E-state index in [4.69, 9.17) is 0 Å². The Hall–Kier alpha value is -2.40. The Morgan fingerprint density at radius 3 is 2.42 bits per heavy atom. The van der Waals surface area contributed by atoms with Crippen LogP contribution in [-0.2, 0) is 0 Å². The van der Waals surface area contributed by atoms with Crippen molar-refractivity contribution in [3.8, 4) is 27.8 Å². The lowest BCUT2D eigenvalue weighted by Gasteiger charge is -1.94. The zero-order valence-electron chi connectivity index (χ0n) is 9.89. The van der Waals surface area contributed by atoms with Gasteiger partial charge in [0.25, 0.3) is 5.01 Å². The van der Waals surface area contributed by atoms with Crippen molar-refractivity contribution in [1.82, 2.24) is 4.98 Å². The smallest absolute Gasteiger partial charge is 0.304 e. The summed E-state index contributed by atoms with van der Waals surface area (Å²) in [5.41, 5.74) is 1.72. The molecule has 0 fully saturated rings. The van der Waals surface area contributed by atoms with Crippen molar-refractivity contribution in [2.24, 2.45) is 0 Å². The first kappa shape index (κ1) is 11.7. The molecule has 0 saturated heterocycles. The molecule has 19 heavy (non-hydrogen) atoms. The minimum atomic E-state index is 0.219. The molecule has 0 unspecified atom stereocenters. The van der Waals surface area contributed by atoms with E-state index in [2.05, 4.69) is 4.98 Å². The predicted octanol–water partition coefficient (Wildman–Crippen LogP) is 2.50. The fraction of sp³-hybridized carbons (Fsp3) is 0. The summed E-state index contributed by atoms with van der Waals surface area (Å²) in [7, 11) is 0. The number of hydrogen-bond acceptors (Lipinski definition) is 4. The van der Waals surface area contributed by atoms with Crippen molar-refractivity contribution in [2.75, 3.05) is 0 Å². The van der Waals surface area contributed by atoms with E-state index in [0.29, 0.717) is 0 Å². The summed E-state index contributed by atoms with van der Waals surface area (Å²) < 4.78 is 1.86. The standard InChI is InChI=1S/C14H10N2O2S/c17-12-5-1-3-10(7-12)14-15-9-16(19-14)11-4-2-6-13(18)8-11/h1-9H,(H-,17,18)/p+1. The third kappa shape index (κ3) is 2.41. The number of aromatic nitrogens is 2. The van der Waals surface area contributed by atoms with Gasteiger partial charge in [-0.25, -0.2) is 0 Å². The molecule has 0 aliphatic carbocycles. The van der Waals surface area contributed by atoms with E-state index in [9.17, 15) is 10.2 Å².